The van der Waals surface area contributed by atoms with E-state index in [0.29, 0.717) is 12.1 Å². The second-order valence-electron chi connectivity index (χ2n) is 4.59. The van der Waals surface area contributed by atoms with Gasteiger partial charge in [-0.1, -0.05) is 0 Å². The topological polar surface area (TPSA) is 128 Å². The standard InChI is InChI=1S/C12H20N2O6/c1-20-11-7(13-5-10(16)17)3-2-4-8(11)14-9(6-15)12(18)19/h7,9,11,13,15H,2-6H2,1H3,(H,16,17)(H,18,19)/b14-8-/t7?,9-,11?/m0/s1. The molecule has 0 aromatic carbocycles. The van der Waals surface area contributed by atoms with Gasteiger partial charge in [0.1, 0.15) is 6.10 Å². The number of carboxylic acid groups (broad SMARTS) is 2. The van der Waals surface area contributed by atoms with Gasteiger partial charge in [-0.25, -0.2) is 4.79 Å². The summed E-state index contributed by atoms with van der Waals surface area (Å²) in [5.41, 5.74) is 0.545. The predicted molar refractivity (Wildman–Crippen MR) is 70.0 cm³/mol. The summed E-state index contributed by atoms with van der Waals surface area (Å²) in [4.78, 5) is 25.5. The van der Waals surface area contributed by atoms with Gasteiger partial charge in [-0.3, -0.25) is 9.79 Å². The Kier molecular flexibility index (Phi) is 6.56. The Balaban J connectivity index is 2.81. The van der Waals surface area contributed by atoms with Crippen LogP contribution in [0.4, 0.5) is 0 Å². The normalized spacial score (nSPS) is 26.4. The van der Waals surface area contributed by atoms with Crippen LogP contribution in [0.2, 0.25) is 0 Å². The summed E-state index contributed by atoms with van der Waals surface area (Å²) in [6, 6.07) is -1.43. The quantitative estimate of drug-likeness (QED) is 0.478. The fourth-order valence-corrected chi connectivity index (χ4v) is 2.27. The molecule has 0 bridgehead atoms. The van der Waals surface area contributed by atoms with Crippen molar-refractivity contribution in [2.75, 3.05) is 20.3 Å². The maximum atomic E-state index is 10.9. The van der Waals surface area contributed by atoms with Gasteiger partial charge < -0.3 is 25.4 Å². The van der Waals surface area contributed by atoms with E-state index >= 15 is 0 Å². The molecule has 8 nitrogen and oxygen atoms in total. The van der Waals surface area contributed by atoms with Crippen molar-refractivity contribution in [3.8, 4) is 0 Å². The van der Waals surface area contributed by atoms with Crippen LogP contribution in [0.5, 0.6) is 0 Å². The monoisotopic (exact) mass is 288 g/mol. The van der Waals surface area contributed by atoms with Crippen LogP contribution >= 0.6 is 0 Å². The molecule has 114 valence electrons. The number of aliphatic carboxylic acids is 2. The van der Waals surface area contributed by atoms with Gasteiger partial charge in [-0.05, 0) is 19.3 Å². The second-order valence-corrected chi connectivity index (χ2v) is 4.59. The number of rotatable bonds is 7. The summed E-state index contributed by atoms with van der Waals surface area (Å²) in [5.74, 6) is -2.17. The van der Waals surface area contributed by atoms with Gasteiger partial charge in [0.25, 0.3) is 0 Å². The Morgan fingerprint density at radius 1 is 1.50 bits per heavy atom. The van der Waals surface area contributed by atoms with Crippen molar-refractivity contribution in [3.63, 3.8) is 0 Å². The molecule has 1 aliphatic carbocycles. The van der Waals surface area contributed by atoms with Crippen LogP contribution in [0.1, 0.15) is 19.3 Å². The number of methoxy groups -OCH3 is 1. The summed E-state index contributed by atoms with van der Waals surface area (Å²) in [6.07, 6.45) is 1.58. The number of ether oxygens (including phenoxy) is 1. The Hall–Kier alpha value is -1.51. The van der Waals surface area contributed by atoms with Crippen molar-refractivity contribution in [3.05, 3.63) is 0 Å². The van der Waals surface area contributed by atoms with E-state index in [4.69, 9.17) is 20.1 Å². The third-order valence-corrected chi connectivity index (χ3v) is 3.19. The number of carboxylic acids is 2. The molecule has 0 aliphatic heterocycles. The largest absolute Gasteiger partial charge is 0.480 e. The highest BCUT2D eigenvalue weighted by molar-refractivity contribution is 5.92. The first-order valence-electron chi connectivity index (χ1n) is 6.37. The minimum Gasteiger partial charge on any atom is -0.480 e. The molecule has 0 spiro atoms. The number of aliphatic imine (C=N–C) groups is 1. The van der Waals surface area contributed by atoms with E-state index in [1.807, 2.05) is 0 Å². The molecular formula is C12H20N2O6. The molecule has 0 aromatic heterocycles. The van der Waals surface area contributed by atoms with Gasteiger partial charge >= 0.3 is 11.9 Å². The SMILES string of the molecule is COC1/C(=N\[C@@H](CO)C(=O)O)CCCC1NCC(=O)O. The van der Waals surface area contributed by atoms with Crippen LogP contribution in [0.15, 0.2) is 4.99 Å². The van der Waals surface area contributed by atoms with E-state index in [9.17, 15) is 9.59 Å². The van der Waals surface area contributed by atoms with Crippen LogP contribution in [0.3, 0.4) is 0 Å². The van der Waals surface area contributed by atoms with E-state index in [1.54, 1.807) is 0 Å². The minimum atomic E-state index is -1.21. The number of carbonyl (C=O) groups is 2. The summed E-state index contributed by atoms with van der Waals surface area (Å²) >= 11 is 0. The van der Waals surface area contributed by atoms with E-state index in [1.165, 1.54) is 7.11 Å². The zero-order valence-corrected chi connectivity index (χ0v) is 11.3. The highest BCUT2D eigenvalue weighted by Crippen LogP contribution is 2.20. The summed E-state index contributed by atoms with van der Waals surface area (Å²) in [7, 11) is 1.47. The molecule has 2 unspecified atom stereocenters. The Labute approximate surface area is 116 Å². The molecule has 1 saturated carbocycles. The molecule has 0 aromatic rings. The molecule has 0 amide bonds. The average Bonchev–Trinajstić information content (AvgIpc) is 2.41. The molecule has 1 aliphatic rings. The second kappa shape index (κ2) is 7.93. The zero-order valence-electron chi connectivity index (χ0n) is 11.3. The van der Waals surface area contributed by atoms with Gasteiger partial charge in [0.05, 0.1) is 13.2 Å². The molecule has 0 radical (unpaired) electrons. The summed E-state index contributed by atoms with van der Waals surface area (Å²) < 4.78 is 5.31. The molecule has 1 rings (SSSR count). The van der Waals surface area contributed by atoms with E-state index in [-0.39, 0.29) is 12.6 Å². The third kappa shape index (κ3) is 4.55. The lowest BCUT2D eigenvalue weighted by atomic mass is 9.90. The molecule has 4 N–H and O–H groups in total. The fraction of sp³-hybridized carbons (Fsp3) is 0.750. The first-order chi connectivity index (χ1) is 9.49. The molecular weight excluding hydrogens is 268 g/mol. The highest BCUT2D eigenvalue weighted by Gasteiger charge is 2.31. The zero-order chi connectivity index (χ0) is 15.1. The number of hydrogen-bond donors (Lipinski definition) is 4. The fourth-order valence-electron chi connectivity index (χ4n) is 2.27. The van der Waals surface area contributed by atoms with Crippen LogP contribution in [0, 0.1) is 0 Å². The molecule has 1 fully saturated rings. The molecule has 8 heteroatoms. The van der Waals surface area contributed by atoms with E-state index in [0.717, 1.165) is 12.8 Å². The smallest absolute Gasteiger partial charge is 0.330 e. The summed E-state index contributed by atoms with van der Waals surface area (Å²) in [6.45, 7) is -0.775. The Bertz CT molecular complexity index is 384. The molecule has 3 atom stereocenters. The van der Waals surface area contributed by atoms with Crippen molar-refractivity contribution < 1.29 is 29.6 Å². The lowest BCUT2D eigenvalue weighted by Gasteiger charge is -2.32. The Morgan fingerprint density at radius 2 is 2.20 bits per heavy atom. The van der Waals surface area contributed by atoms with Gasteiger partial charge in [0.15, 0.2) is 6.04 Å². The third-order valence-electron chi connectivity index (χ3n) is 3.19. The maximum Gasteiger partial charge on any atom is 0.330 e. The average molecular weight is 288 g/mol. The van der Waals surface area contributed by atoms with Gasteiger partial charge in [-0.15, -0.1) is 0 Å². The van der Waals surface area contributed by atoms with Gasteiger partial charge in [-0.2, -0.15) is 0 Å². The van der Waals surface area contributed by atoms with Crippen LogP contribution in [-0.2, 0) is 14.3 Å². The molecule has 0 saturated heterocycles. The van der Waals surface area contributed by atoms with Crippen LogP contribution in [-0.4, -0.2) is 71.4 Å². The van der Waals surface area contributed by atoms with Crippen molar-refractivity contribution in [1.82, 2.24) is 5.32 Å². The van der Waals surface area contributed by atoms with E-state index in [2.05, 4.69) is 10.3 Å². The van der Waals surface area contributed by atoms with Gasteiger partial charge in [0.2, 0.25) is 0 Å². The number of nitrogens with one attached hydrogen (secondary N) is 1. The van der Waals surface area contributed by atoms with Crippen LogP contribution in [0.25, 0.3) is 0 Å². The first-order valence-corrected chi connectivity index (χ1v) is 6.37. The minimum absolute atomic E-state index is 0.194. The first kappa shape index (κ1) is 16.5. The van der Waals surface area contributed by atoms with Crippen molar-refractivity contribution in [2.24, 2.45) is 4.99 Å². The number of aliphatic hydroxyl groups excluding tert-OH is 1. The number of hydrogen-bond acceptors (Lipinski definition) is 6. The van der Waals surface area contributed by atoms with Crippen molar-refractivity contribution in [2.45, 2.75) is 37.5 Å². The lowest BCUT2D eigenvalue weighted by Crippen LogP contribution is -2.50. The van der Waals surface area contributed by atoms with Crippen LogP contribution < -0.4 is 5.32 Å². The van der Waals surface area contributed by atoms with Crippen molar-refractivity contribution >= 4 is 17.7 Å². The van der Waals surface area contributed by atoms with Gasteiger partial charge in [0, 0.05) is 18.9 Å². The summed E-state index contributed by atoms with van der Waals surface area (Å²) in [5, 5.41) is 29.4. The Morgan fingerprint density at radius 3 is 2.70 bits per heavy atom. The lowest BCUT2D eigenvalue weighted by molar-refractivity contribution is -0.139. The predicted octanol–water partition coefficient (Wildman–Crippen LogP) is -0.885. The molecule has 20 heavy (non-hydrogen) atoms. The van der Waals surface area contributed by atoms with E-state index < -0.39 is 30.7 Å². The number of nitrogens with zero attached hydrogens (tertiary/aromatic N) is 1. The molecule has 0 heterocycles. The maximum absolute atomic E-state index is 10.9. The number of aliphatic hydroxyl groups is 1. The highest BCUT2D eigenvalue weighted by atomic mass is 16.5. The van der Waals surface area contributed by atoms with Crippen molar-refractivity contribution in [1.29, 1.82) is 0 Å².